The second kappa shape index (κ2) is 10.4. The van der Waals surface area contributed by atoms with E-state index in [1.807, 2.05) is 19.1 Å². The van der Waals surface area contributed by atoms with Gasteiger partial charge in [0.25, 0.3) is 0 Å². The molecule has 0 N–H and O–H groups in total. The fraction of sp³-hybridized carbons (Fsp3) is 0.125. The summed E-state index contributed by atoms with van der Waals surface area (Å²) in [6, 6.07) is 27.0. The van der Waals surface area contributed by atoms with Crippen LogP contribution in [0.4, 0.5) is 0 Å². The van der Waals surface area contributed by atoms with Crippen molar-refractivity contribution in [3.05, 3.63) is 102 Å². The highest BCUT2D eigenvalue weighted by Gasteiger charge is 2.22. The molecule has 0 atom stereocenters. The van der Waals surface area contributed by atoms with Crippen molar-refractivity contribution < 1.29 is 4.74 Å². The fourth-order valence-corrected chi connectivity index (χ4v) is 8.11. The quantitative estimate of drug-likeness (QED) is 0.311. The van der Waals surface area contributed by atoms with Gasteiger partial charge in [0, 0.05) is 10.9 Å². The molecule has 5 heteroatoms. The molecule has 0 aliphatic heterocycles. The zero-order valence-electron chi connectivity index (χ0n) is 16.4. The van der Waals surface area contributed by atoms with Crippen LogP contribution in [0.3, 0.4) is 0 Å². The minimum atomic E-state index is -2.20. The minimum absolute atomic E-state index is 0.516. The molecule has 0 bridgehead atoms. The van der Waals surface area contributed by atoms with E-state index in [4.69, 9.17) is 28.8 Å². The van der Waals surface area contributed by atoms with Crippen LogP contribution in [-0.2, 0) is 16.5 Å². The second-order valence-corrected chi connectivity index (χ2v) is 12.5. The molecule has 3 aromatic rings. The molecule has 0 amide bonds. The summed E-state index contributed by atoms with van der Waals surface area (Å²) in [7, 11) is 0. The Morgan fingerprint density at radius 2 is 1.41 bits per heavy atom. The van der Waals surface area contributed by atoms with Gasteiger partial charge in [0.15, 0.2) is 0 Å². The molecule has 0 saturated carbocycles. The molecule has 1 nitrogen and oxygen atoms in total. The number of thioether (sulfide) groups is 1. The zero-order chi connectivity index (χ0) is 20.7. The van der Waals surface area contributed by atoms with Gasteiger partial charge in [-0.15, -0.1) is 0 Å². The molecule has 148 valence electrons. The monoisotopic (exact) mass is 454 g/mol. The number of benzene rings is 3. The average molecular weight is 455 g/mol. The Bertz CT molecular complexity index is 985. The summed E-state index contributed by atoms with van der Waals surface area (Å²) in [6.45, 7) is 4.59. The third kappa shape index (κ3) is 5.67. The van der Waals surface area contributed by atoms with Crippen molar-refractivity contribution in [2.75, 3.05) is 6.61 Å². The van der Waals surface area contributed by atoms with Gasteiger partial charge >= 0.3 is 0 Å². The van der Waals surface area contributed by atoms with E-state index in [2.05, 4.69) is 85.5 Å². The predicted molar refractivity (Wildman–Crippen MR) is 137 cm³/mol. The number of hydrogen-bond donors (Lipinski definition) is 0. The fourth-order valence-electron chi connectivity index (χ4n) is 2.88. The molecule has 0 saturated heterocycles. The molecule has 0 radical (unpaired) electrons. The van der Waals surface area contributed by atoms with Crippen LogP contribution in [0.1, 0.15) is 18.1 Å². The van der Waals surface area contributed by atoms with Crippen molar-refractivity contribution in [3.8, 4) is 0 Å². The lowest BCUT2D eigenvalue weighted by Crippen LogP contribution is -2.14. The maximum Gasteiger partial charge on any atom is 0.224 e. The van der Waals surface area contributed by atoms with Crippen molar-refractivity contribution >= 4 is 61.7 Å². The number of aryl methyl sites for hydroxylation is 1. The summed E-state index contributed by atoms with van der Waals surface area (Å²) in [5, 5.41) is 2.32. The summed E-state index contributed by atoms with van der Waals surface area (Å²) in [4.78, 5) is 1.04. The van der Waals surface area contributed by atoms with E-state index >= 15 is 0 Å². The Morgan fingerprint density at radius 1 is 0.897 bits per heavy atom. The van der Waals surface area contributed by atoms with E-state index in [0.29, 0.717) is 11.0 Å². The summed E-state index contributed by atoms with van der Waals surface area (Å²) in [5.74, 6) is 2.24. The van der Waals surface area contributed by atoms with Gasteiger partial charge in [-0.3, -0.25) is 0 Å². The van der Waals surface area contributed by atoms with E-state index in [1.54, 1.807) is 0 Å². The molecule has 0 spiro atoms. The molecule has 0 aliphatic carbocycles. The molecular weight excluding hydrogens is 431 g/mol. The Morgan fingerprint density at radius 3 is 1.90 bits per heavy atom. The Labute approximate surface area is 188 Å². The van der Waals surface area contributed by atoms with Gasteiger partial charge in [0.2, 0.25) is 4.38 Å². The first-order valence-corrected chi connectivity index (χ1v) is 13.5. The van der Waals surface area contributed by atoms with E-state index in [0.717, 1.165) is 21.1 Å². The van der Waals surface area contributed by atoms with Crippen molar-refractivity contribution in [1.29, 1.82) is 0 Å². The van der Waals surface area contributed by atoms with Crippen LogP contribution in [0.15, 0.2) is 90.7 Å². The SMILES string of the molecule is CCOC(=S)S/C(=C/P(=S)(c1ccccc1)c1ccccc1)c1ccc(C)cc1. The van der Waals surface area contributed by atoms with Crippen LogP contribution in [-0.4, -0.2) is 11.0 Å². The number of rotatable bonds is 6. The molecule has 0 unspecified atom stereocenters. The molecule has 0 heterocycles. The lowest BCUT2D eigenvalue weighted by Gasteiger charge is -2.22. The smallest absolute Gasteiger partial charge is 0.224 e. The molecule has 3 rings (SSSR count). The lowest BCUT2D eigenvalue weighted by molar-refractivity contribution is 0.346. The molecule has 29 heavy (non-hydrogen) atoms. The second-order valence-electron chi connectivity index (χ2n) is 6.47. The predicted octanol–water partition coefficient (Wildman–Crippen LogP) is 6.48. The summed E-state index contributed by atoms with van der Waals surface area (Å²) >= 11 is 13.3. The highest BCUT2D eigenvalue weighted by molar-refractivity contribution is 8.30. The molecule has 0 aromatic heterocycles. The van der Waals surface area contributed by atoms with Crippen LogP contribution in [0.2, 0.25) is 0 Å². The first-order chi connectivity index (χ1) is 14.0. The van der Waals surface area contributed by atoms with Gasteiger partial charge in [-0.1, -0.05) is 102 Å². The summed E-state index contributed by atoms with van der Waals surface area (Å²) in [5.41, 5.74) is 2.32. The third-order valence-electron chi connectivity index (χ3n) is 4.37. The van der Waals surface area contributed by atoms with Gasteiger partial charge < -0.3 is 4.74 Å². The van der Waals surface area contributed by atoms with Gasteiger partial charge in [0.1, 0.15) is 0 Å². The summed E-state index contributed by atoms with van der Waals surface area (Å²) < 4.78 is 6.09. The first-order valence-electron chi connectivity index (χ1n) is 9.38. The van der Waals surface area contributed by atoms with E-state index in [-0.39, 0.29) is 0 Å². The van der Waals surface area contributed by atoms with Gasteiger partial charge in [0.05, 0.1) is 6.61 Å². The highest BCUT2D eigenvalue weighted by atomic mass is 32.4. The van der Waals surface area contributed by atoms with Crippen molar-refractivity contribution in [2.24, 2.45) is 0 Å². The van der Waals surface area contributed by atoms with E-state index < -0.39 is 6.04 Å². The minimum Gasteiger partial charge on any atom is -0.479 e. The average Bonchev–Trinajstić information content (AvgIpc) is 2.75. The van der Waals surface area contributed by atoms with Crippen LogP contribution in [0.25, 0.3) is 4.91 Å². The largest absolute Gasteiger partial charge is 0.479 e. The molecule has 0 aliphatic rings. The van der Waals surface area contributed by atoms with Crippen LogP contribution < -0.4 is 10.6 Å². The van der Waals surface area contributed by atoms with Crippen molar-refractivity contribution in [2.45, 2.75) is 13.8 Å². The maximum absolute atomic E-state index is 6.39. The normalized spacial score (nSPS) is 11.9. The van der Waals surface area contributed by atoms with Crippen LogP contribution in [0, 0.1) is 6.92 Å². The van der Waals surface area contributed by atoms with Crippen LogP contribution >= 0.6 is 30.0 Å². The molecular formula is C24H23OPS3. The summed E-state index contributed by atoms with van der Waals surface area (Å²) in [6.07, 6.45) is 0. The standard InChI is InChI=1S/C24H23OPS3/c1-3-25-24(27)29-23(20-16-14-19(2)15-17-20)18-26(28,21-10-6-4-7-11-21)22-12-8-5-9-13-22/h4-18H,3H2,1-2H3/b23-18+. The first kappa shape index (κ1) is 22.0. The van der Waals surface area contributed by atoms with Crippen molar-refractivity contribution in [3.63, 3.8) is 0 Å². The highest BCUT2D eigenvalue weighted by Crippen LogP contribution is 2.50. The molecule has 0 fully saturated rings. The van der Waals surface area contributed by atoms with Gasteiger partial charge in [-0.05, 0) is 59.8 Å². The Hall–Kier alpha value is -1.71. The molecule has 3 aromatic carbocycles. The van der Waals surface area contributed by atoms with E-state index in [9.17, 15) is 0 Å². The Kier molecular flexibility index (Phi) is 7.85. The van der Waals surface area contributed by atoms with Crippen molar-refractivity contribution in [1.82, 2.24) is 0 Å². The maximum atomic E-state index is 6.39. The van der Waals surface area contributed by atoms with E-state index in [1.165, 1.54) is 17.3 Å². The topological polar surface area (TPSA) is 9.23 Å². The zero-order valence-corrected chi connectivity index (χ0v) is 19.8. The lowest BCUT2D eigenvalue weighted by atomic mass is 10.1. The third-order valence-corrected chi connectivity index (χ3v) is 10.1. The van der Waals surface area contributed by atoms with Crippen LogP contribution in [0.5, 0.6) is 0 Å². The number of ether oxygens (including phenoxy) is 1. The van der Waals surface area contributed by atoms with Gasteiger partial charge in [-0.2, -0.15) is 0 Å². The number of hydrogen-bond acceptors (Lipinski definition) is 4. The Balaban J connectivity index is 2.18. The number of thiocarbonyl (C=S) groups is 1. The van der Waals surface area contributed by atoms with Gasteiger partial charge in [-0.25, -0.2) is 0 Å².